The summed E-state index contributed by atoms with van der Waals surface area (Å²) in [6.07, 6.45) is 1.44. The van der Waals surface area contributed by atoms with Crippen LogP contribution in [-0.2, 0) is 0 Å². The normalized spacial score (nSPS) is 10.5. The number of benzene rings is 2. The Morgan fingerprint density at radius 1 is 1.20 bits per heavy atom. The Labute approximate surface area is 145 Å². The van der Waals surface area contributed by atoms with E-state index >= 15 is 0 Å². The van der Waals surface area contributed by atoms with Gasteiger partial charge in [-0.3, -0.25) is 4.79 Å². The number of ether oxygens (including phenoxy) is 3. The number of rotatable bonds is 7. The molecule has 132 valence electrons. The molecule has 2 N–H and O–H groups in total. The summed E-state index contributed by atoms with van der Waals surface area (Å²) in [5.74, 6) is 0.867. The molecule has 0 aliphatic rings. The van der Waals surface area contributed by atoms with Gasteiger partial charge in [0, 0.05) is 5.56 Å². The molecule has 7 heteroatoms. The zero-order valence-corrected chi connectivity index (χ0v) is 14.3. The quantitative estimate of drug-likeness (QED) is 0.595. The Morgan fingerprint density at radius 3 is 2.40 bits per heavy atom. The molecule has 0 fully saturated rings. The first kappa shape index (κ1) is 18.1. The van der Waals surface area contributed by atoms with Crippen molar-refractivity contribution >= 4 is 12.1 Å². The van der Waals surface area contributed by atoms with Gasteiger partial charge in [-0.15, -0.1) is 0 Å². The minimum Gasteiger partial charge on any atom is -0.507 e. The molecule has 2 aromatic rings. The van der Waals surface area contributed by atoms with Crippen molar-refractivity contribution in [1.82, 2.24) is 5.43 Å². The third-order valence-electron chi connectivity index (χ3n) is 3.30. The number of amides is 1. The molecule has 0 aromatic heterocycles. The van der Waals surface area contributed by atoms with Crippen LogP contribution in [0.5, 0.6) is 23.0 Å². The minimum atomic E-state index is -0.515. The maximum atomic E-state index is 12.0. The molecule has 1 amide bonds. The lowest BCUT2D eigenvalue weighted by atomic mass is 10.2. The van der Waals surface area contributed by atoms with E-state index in [2.05, 4.69) is 10.5 Å². The Kier molecular flexibility index (Phi) is 6.22. The van der Waals surface area contributed by atoms with E-state index in [9.17, 15) is 9.90 Å². The van der Waals surface area contributed by atoms with Gasteiger partial charge in [0.25, 0.3) is 5.91 Å². The van der Waals surface area contributed by atoms with Crippen LogP contribution in [0.25, 0.3) is 0 Å². The van der Waals surface area contributed by atoms with E-state index in [-0.39, 0.29) is 11.3 Å². The molecular formula is C18H20N2O5. The molecule has 0 atom stereocenters. The first-order valence-corrected chi connectivity index (χ1v) is 7.60. The number of nitrogens with one attached hydrogen (secondary N) is 1. The van der Waals surface area contributed by atoms with Crippen LogP contribution in [0.1, 0.15) is 22.8 Å². The predicted molar refractivity (Wildman–Crippen MR) is 93.9 cm³/mol. The highest BCUT2D eigenvalue weighted by Crippen LogP contribution is 2.38. The summed E-state index contributed by atoms with van der Waals surface area (Å²) in [5.41, 5.74) is 3.15. The number of phenolic OH excluding ortho intramolecular Hbond substituents is 1. The van der Waals surface area contributed by atoms with Gasteiger partial charge in [0.15, 0.2) is 11.5 Å². The molecule has 2 rings (SSSR count). The highest BCUT2D eigenvalue weighted by atomic mass is 16.5. The van der Waals surface area contributed by atoms with E-state index in [1.807, 2.05) is 6.92 Å². The van der Waals surface area contributed by atoms with Crippen LogP contribution in [0.15, 0.2) is 41.5 Å². The zero-order chi connectivity index (χ0) is 18.2. The van der Waals surface area contributed by atoms with Crippen LogP contribution >= 0.6 is 0 Å². The molecule has 0 saturated heterocycles. The van der Waals surface area contributed by atoms with Crippen molar-refractivity contribution in [1.29, 1.82) is 0 Å². The number of nitrogens with zero attached hydrogens (tertiary/aromatic N) is 1. The summed E-state index contributed by atoms with van der Waals surface area (Å²) < 4.78 is 16.1. The number of methoxy groups -OCH3 is 2. The molecular weight excluding hydrogens is 324 g/mol. The summed E-state index contributed by atoms with van der Waals surface area (Å²) in [6.45, 7) is 2.33. The van der Waals surface area contributed by atoms with Gasteiger partial charge >= 0.3 is 0 Å². The van der Waals surface area contributed by atoms with Gasteiger partial charge in [-0.1, -0.05) is 12.1 Å². The molecule has 25 heavy (non-hydrogen) atoms. The summed E-state index contributed by atoms with van der Waals surface area (Å²) >= 11 is 0. The van der Waals surface area contributed by atoms with Crippen LogP contribution in [-0.4, -0.2) is 38.1 Å². The number of phenols is 1. The SMILES string of the molecule is CCOc1c(OC)cc(/C=N\NC(=O)c2ccccc2O)cc1OC. The maximum absolute atomic E-state index is 12.0. The molecule has 7 nitrogen and oxygen atoms in total. The minimum absolute atomic E-state index is 0.111. The Morgan fingerprint density at radius 2 is 1.84 bits per heavy atom. The summed E-state index contributed by atoms with van der Waals surface area (Å²) in [6, 6.07) is 9.64. The summed E-state index contributed by atoms with van der Waals surface area (Å²) in [4.78, 5) is 12.0. The third-order valence-corrected chi connectivity index (χ3v) is 3.30. The average Bonchev–Trinajstić information content (AvgIpc) is 2.62. The molecule has 0 bridgehead atoms. The van der Waals surface area contributed by atoms with Gasteiger partial charge in [0.2, 0.25) is 5.75 Å². The molecule has 0 radical (unpaired) electrons. The number of para-hydroxylation sites is 1. The monoisotopic (exact) mass is 344 g/mol. The standard InChI is InChI=1S/C18H20N2O5/c1-4-25-17-15(23-2)9-12(10-16(17)24-3)11-19-20-18(22)13-7-5-6-8-14(13)21/h5-11,21H,4H2,1-3H3,(H,20,22)/b19-11-. The van der Waals surface area contributed by atoms with Crippen LogP contribution in [0.2, 0.25) is 0 Å². The van der Waals surface area contributed by atoms with E-state index in [0.717, 1.165) is 0 Å². The smallest absolute Gasteiger partial charge is 0.275 e. The zero-order valence-electron chi connectivity index (χ0n) is 14.3. The van der Waals surface area contributed by atoms with E-state index in [1.165, 1.54) is 32.6 Å². The van der Waals surface area contributed by atoms with Crippen molar-refractivity contribution in [2.24, 2.45) is 5.10 Å². The number of hydrogen-bond donors (Lipinski definition) is 2. The van der Waals surface area contributed by atoms with Crippen LogP contribution in [0.4, 0.5) is 0 Å². The van der Waals surface area contributed by atoms with Gasteiger partial charge in [0.05, 0.1) is 32.6 Å². The van der Waals surface area contributed by atoms with Gasteiger partial charge in [-0.2, -0.15) is 5.10 Å². The second-order valence-corrected chi connectivity index (χ2v) is 4.90. The number of hydrogen-bond acceptors (Lipinski definition) is 6. The number of aromatic hydroxyl groups is 1. The van der Waals surface area contributed by atoms with Crippen LogP contribution in [0.3, 0.4) is 0 Å². The molecule has 0 spiro atoms. The highest BCUT2D eigenvalue weighted by Gasteiger charge is 2.13. The first-order chi connectivity index (χ1) is 12.1. The number of carbonyl (C=O) groups excluding carboxylic acids is 1. The Balaban J connectivity index is 2.18. The van der Waals surface area contributed by atoms with E-state index in [4.69, 9.17) is 14.2 Å². The van der Waals surface area contributed by atoms with E-state index < -0.39 is 5.91 Å². The predicted octanol–water partition coefficient (Wildman–Crippen LogP) is 2.57. The van der Waals surface area contributed by atoms with Gasteiger partial charge in [-0.25, -0.2) is 5.43 Å². The van der Waals surface area contributed by atoms with Crippen molar-refractivity contribution in [3.63, 3.8) is 0 Å². The Hall–Kier alpha value is -3.22. The van der Waals surface area contributed by atoms with Gasteiger partial charge in [0.1, 0.15) is 5.75 Å². The molecule has 0 aliphatic heterocycles. The number of carbonyl (C=O) groups is 1. The Bertz CT molecular complexity index is 749. The lowest BCUT2D eigenvalue weighted by Gasteiger charge is -2.14. The lowest BCUT2D eigenvalue weighted by molar-refractivity contribution is 0.0952. The molecule has 0 heterocycles. The van der Waals surface area contributed by atoms with Crippen molar-refractivity contribution in [3.8, 4) is 23.0 Å². The van der Waals surface area contributed by atoms with Crippen molar-refractivity contribution in [3.05, 3.63) is 47.5 Å². The van der Waals surface area contributed by atoms with Gasteiger partial charge < -0.3 is 19.3 Å². The fourth-order valence-corrected chi connectivity index (χ4v) is 2.15. The van der Waals surface area contributed by atoms with E-state index in [1.54, 1.807) is 24.3 Å². The maximum Gasteiger partial charge on any atom is 0.275 e. The third kappa shape index (κ3) is 4.41. The van der Waals surface area contributed by atoms with Crippen LogP contribution in [0, 0.1) is 0 Å². The van der Waals surface area contributed by atoms with Crippen molar-refractivity contribution in [2.45, 2.75) is 6.92 Å². The molecule has 0 unspecified atom stereocenters. The largest absolute Gasteiger partial charge is 0.507 e. The van der Waals surface area contributed by atoms with Crippen molar-refractivity contribution < 1.29 is 24.1 Å². The molecule has 0 aliphatic carbocycles. The van der Waals surface area contributed by atoms with Gasteiger partial charge in [-0.05, 0) is 31.2 Å². The fourth-order valence-electron chi connectivity index (χ4n) is 2.15. The topological polar surface area (TPSA) is 89.4 Å². The average molecular weight is 344 g/mol. The fraction of sp³-hybridized carbons (Fsp3) is 0.222. The second-order valence-electron chi connectivity index (χ2n) is 4.90. The van der Waals surface area contributed by atoms with E-state index in [0.29, 0.717) is 29.4 Å². The van der Waals surface area contributed by atoms with Crippen molar-refractivity contribution in [2.75, 3.05) is 20.8 Å². The first-order valence-electron chi connectivity index (χ1n) is 7.60. The van der Waals surface area contributed by atoms with Crippen LogP contribution < -0.4 is 19.6 Å². The lowest BCUT2D eigenvalue weighted by Crippen LogP contribution is -2.17. The molecule has 0 saturated carbocycles. The molecule has 2 aromatic carbocycles. The second kappa shape index (κ2) is 8.58. The summed E-state index contributed by atoms with van der Waals surface area (Å²) in [5, 5.41) is 13.6. The number of hydrazone groups is 1. The summed E-state index contributed by atoms with van der Waals surface area (Å²) in [7, 11) is 3.05. The highest BCUT2D eigenvalue weighted by molar-refractivity contribution is 5.97.